The van der Waals surface area contributed by atoms with Crippen LogP contribution in [0.25, 0.3) is 111 Å². The molecule has 11 aromatic rings. The Hall–Kier alpha value is -7.11. The largest absolute Gasteiger partial charge is 0.456 e. The van der Waals surface area contributed by atoms with Gasteiger partial charge in [0.2, 0.25) is 0 Å². The van der Waals surface area contributed by atoms with Crippen molar-refractivity contribution in [1.82, 2.24) is 15.0 Å². The average molecular weight is 666 g/mol. The first-order valence-corrected chi connectivity index (χ1v) is 17.4. The molecule has 0 spiro atoms. The summed E-state index contributed by atoms with van der Waals surface area (Å²) in [6, 6.07) is 56.3. The zero-order valence-electron chi connectivity index (χ0n) is 27.7. The molecule has 0 N–H and O–H groups in total. The average Bonchev–Trinajstić information content (AvgIpc) is 3.79. The van der Waals surface area contributed by atoms with Gasteiger partial charge in [0, 0.05) is 32.7 Å². The predicted molar refractivity (Wildman–Crippen MR) is 211 cm³/mol. The number of fused-ring (bicyclic) bond motifs is 9. The minimum absolute atomic E-state index is 0.556. The van der Waals surface area contributed by atoms with Gasteiger partial charge in [-0.1, -0.05) is 133 Å². The Morgan fingerprint density at radius 1 is 0.327 bits per heavy atom. The first kappa shape index (κ1) is 28.7. The highest BCUT2D eigenvalue weighted by atomic mass is 16.3. The summed E-state index contributed by atoms with van der Waals surface area (Å²) in [4.78, 5) is 15.6. The lowest BCUT2D eigenvalue weighted by atomic mass is 9.96. The van der Waals surface area contributed by atoms with Crippen molar-refractivity contribution in [2.45, 2.75) is 0 Å². The molecule has 8 aromatic carbocycles. The van der Waals surface area contributed by atoms with Crippen molar-refractivity contribution < 1.29 is 8.83 Å². The van der Waals surface area contributed by atoms with Gasteiger partial charge >= 0.3 is 0 Å². The Morgan fingerprint density at radius 3 is 1.71 bits per heavy atom. The van der Waals surface area contributed by atoms with Crippen molar-refractivity contribution in [1.29, 1.82) is 0 Å². The number of hydrogen-bond donors (Lipinski definition) is 0. The van der Waals surface area contributed by atoms with E-state index < -0.39 is 0 Å². The van der Waals surface area contributed by atoms with Gasteiger partial charge in [0.05, 0.1) is 5.56 Å². The third kappa shape index (κ3) is 4.39. The molecule has 0 saturated carbocycles. The van der Waals surface area contributed by atoms with Crippen LogP contribution in [0.4, 0.5) is 0 Å². The molecule has 0 aliphatic heterocycles. The fraction of sp³-hybridized carbons (Fsp3) is 0. The van der Waals surface area contributed by atoms with Gasteiger partial charge in [0.15, 0.2) is 17.5 Å². The Balaban J connectivity index is 1.13. The summed E-state index contributed by atoms with van der Waals surface area (Å²) in [7, 11) is 0. The molecule has 0 aliphatic carbocycles. The minimum atomic E-state index is 0.556. The van der Waals surface area contributed by atoms with Crippen LogP contribution in [0.2, 0.25) is 0 Å². The quantitative estimate of drug-likeness (QED) is 0.175. The molecule has 0 radical (unpaired) electrons. The van der Waals surface area contributed by atoms with Crippen molar-refractivity contribution in [3.63, 3.8) is 0 Å². The third-order valence-corrected chi connectivity index (χ3v) is 10.1. The summed E-state index contributed by atoms with van der Waals surface area (Å²) in [5, 5.41) is 8.86. The van der Waals surface area contributed by atoms with Gasteiger partial charge < -0.3 is 8.83 Å². The predicted octanol–water partition coefficient (Wildman–Crippen LogP) is 12.6. The molecule has 0 fully saturated rings. The number of hydrogen-bond acceptors (Lipinski definition) is 5. The van der Waals surface area contributed by atoms with Crippen LogP contribution in [0.5, 0.6) is 0 Å². The normalized spacial score (nSPS) is 11.8. The van der Waals surface area contributed by atoms with Crippen molar-refractivity contribution in [2.75, 3.05) is 0 Å². The molecular formula is C47H27N3O2. The Labute approximate surface area is 297 Å². The van der Waals surface area contributed by atoms with E-state index >= 15 is 0 Å². The van der Waals surface area contributed by atoms with Crippen LogP contribution in [-0.2, 0) is 0 Å². The lowest BCUT2D eigenvalue weighted by Crippen LogP contribution is -2.01. The van der Waals surface area contributed by atoms with Gasteiger partial charge in [-0.15, -0.1) is 0 Å². The van der Waals surface area contributed by atoms with Crippen molar-refractivity contribution in [2.24, 2.45) is 0 Å². The van der Waals surface area contributed by atoms with Crippen LogP contribution in [0.15, 0.2) is 173 Å². The molecule has 0 saturated heterocycles. The minimum Gasteiger partial charge on any atom is -0.456 e. The van der Waals surface area contributed by atoms with Gasteiger partial charge in [0.1, 0.15) is 22.3 Å². The van der Waals surface area contributed by atoms with E-state index in [1.807, 2.05) is 54.6 Å². The van der Waals surface area contributed by atoms with Crippen LogP contribution in [0, 0.1) is 0 Å². The molecule has 0 amide bonds. The van der Waals surface area contributed by atoms with Gasteiger partial charge in [-0.3, -0.25) is 0 Å². The fourth-order valence-corrected chi connectivity index (χ4v) is 7.72. The first-order chi connectivity index (χ1) is 25.8. The maximum absolute atomic E-state index is 6.47. The Bertz CT molecular complexity index is 3190. The standard InChI is InChI=1S/C47H27N3O2/c1-2-12-31-30(11-1)27-39(34-14-4-3-13-33(31)34)47-49-45(48-46(50-47)38-19-9-18-36-35-15-5-7-20-40(35)52-44(36)38)29-25-23-28(24-26-29)32-17-10-22-42-43(32)37-16-6-8-21-41(37)51-42/h1-27H. The lowest BCUT2D eigenvalue weighted by Gasteiger charge is -2.13. The van der Waals surface area contributed by atoms with Crippen LogP contribution >= 0.6 is 0 Å². The van der Waals surface area contributed by atoms with Crippen molar-refractivity contribution in [3.8, 4) is 45.3 Å². The number of furan rings is 2. The summed E-state index contributed by atoms with van der Waals surface area (Å²) < 4.78 is 12.7. The molecule has 242 valence electrons. The summed E-state index contributed by atoms with van der Waals surface area (Å²) >= 11 is 0. The molecule has 0 aliphatic rings. The van der Waals surface area contributed by atoms with Gasteiger partial charge in [-0.05, 0) is 63.0 Å². The number of benzene rings is 8. The number of nitrogens with zero attached hydrogens (tertiary/aromatic N) is 3. The molecule has 0 unspecified atom stereocenters. The Morgan fingerprint density at radius 2 is 0.885 bits per heavy atom. The second-order valence-corrected chi connectivity index (χ2v) is 13.1. The zero-order chi connectivity index (χ0) is 34.2. The van der Waals surface area contributed by atoms with Crippen LogP contribution in [-0.4, -0.2) is 15.0 Å². The topological polar surface area (TPSA) is 65.0 Å². The van der Waals surface area contributed by atoms with Crippen molar-refractivity contribution >= 4 is 65.4 Å². The molecule has 5 nitrogen and oxygen atoms in total. The molecule has 3 heterocycles. The number of para-hydroxylation sites is 3. The van der Waals surface area contributed by atoms with E-state index in [2.05, 4.69) is 109 Å². The van der Waals surface area contributed by atoms with E-state index in [-0.39, 0.29) is 0 Å². The smallest absolute Gasteiger partial charge is 0.167 e. The fourth-order valence-electron chi connectivity index (χ4n) is 7.72. The number of aromatic nitrogens is 3. The van der Waals surface area contributed by atoms with E-state index in [9.17, 15) is 0 Å². The molecule has 0 bridgehead atoms. The zero-order valence-corrected chi connectivity index (χ0v) is 27.7. The molecular weight excluding hydrogens is 639 g/mol. The lowest BCUT2D eigenvalue weighted by molar-refractivity contribution is 0.669. The van der Waals surface area contributed by atoms with Crippen LogP contribution in [0.1, 0.15) is 0 Å². The van der Waals surface area contributed by atoms with E-state index in [1.54, 1.807) is 0 Å². The van der Waals surface area contributed by atoms with E-state index in [4.69, 9.17) is 23.8 Å². The maximum Gasteiger partial charge on any atom is 0.167 e. The van der Waals surface area contributed by atoms with Gasteiger partial charge in [0.25, 0.3) is 0 Å². The highest BCUT2D eigenvalue weighted by Gasteiger charge is 2.20. The first-order valence-electron chi connectivity index (χ1n) is 17.4. The van der Waals surface area contributed by atoms with Gasteiger partial charge in [-0.25, -0.2) is 15.0 Å². The SMILES string of the molecule is c1ccc2c(c1)cc(-c1nc(-c3ccc(-c4cccc5oc6ccccc6c45)cc3)nc(-c3cccc4c3oc3ccccc34)n1)c1ccccc12. The van der Waals surface area contributed by atoms with Gasteiger partial charge in [-0.2, -0.15) is 0 Å². The summed E-state index contributed by atoms with van der Waals surface area (Å²) in [6.45, 7) is 0. The second kappa shape index (κ2) is 11.2. The summed E-state index contributed by atoms with van der Waals surface area (Å²) in [5.41, 5.74) is 8.20. The summed E-state index contributed by atoms with van der Waals surface area (Å²) in [6.07, 6.45) is 0. The maximum atomic E-state index is 6.47. The monoisotopic (exact) mass is 665 g/mol. The highest BCUT2D eigenvalue weighted by molar-refractivity contribution is 6.14. The molecule has 5 heteroatoms. The molecule has 3 aromatic heterocycles. The molecule has 0 atom stereocenters. The summed E-state index contributed by atoms with van der Waals surface area (Å²) in [5.74, 6) is 1.75. The van der Waals surface area contributed by atoms with E-state index in [0.717, 1.165) is 87.9 Å². The Kier molecular flexibility index (Phi) is 6.18. The van der Waals surface area contributed by atoms with Crippen LogP contribution in [0.3, 0.4) is 0 Å². The van der Waals surface area contributed by atoms with E-state index in [1.165, 1.54) is 5.39 Å². The van der Waals surface area contributed by atoms with E-state index in [0.29, 0.717) is 17.5 Å². The number of rotatable bonds is 4. The van der Waals surface area contributed by atoms with Crippen LogP contribution < -0.4 is 0 Å². The third-order valence-electron chi connectivity index (χ3n) is 10.1. The molecule has 11 rings (SSSR count). The second-order valence-electron chi connectivity index (χ2n) is 13.1. The highest BCUT2D eigenvalue weighted by Crippen LogP contribution is 2.40. The van der Waals surface area contributed by atoms with Crippen molar-refractivity contribution in [3.05, 3.63) is 164 Å². The molecule has 52 heavy (non-hydrogen) atoms.